The van der Waals surface area contributed by atoms with Crippen LogP contribution in [0.5, 0.6) is 0 Å². The van der Waals surface area contributed by atoms with Crippen molar-refractivity contribution in [3.63, 3.8) is 0 Å². The van der Waals surface area contributed by atoms with Crippen molar-refractivity contribution < 1.29 is 4.39 Å². The summed E-state index contributed by atoms with van der Waals surface area (Å²) in [5, 5.41) is 3.35. The Morgan fingerprint density at radius 1 is 1.25 bits per heavy atom. The highest BCUT2D eigenvalue weighted by molar-refractivity contribution is 9.10. The molecule has 0 spiro atoms. The van der Waals surface area contributed by atoms with E-state index in [-0.39, 0.29) is 29.7 Å². The van der Waals surface area contributed by atoms with Crippen LogP contribution in [0.4, 0.5) is 4.39 Å². The van der Waals surface area contributed by atoms with E-state index in [1.807, 2.05) is 6.07 Å². The largest absolute Gasteiger partial charge is 0.314 e. The molecule has 1 aromatic carbocycles. The van der Waals surface area contributed by atoms with E-state index in [4.69, 9.17) is 0 Å². The van der Waals surface area contributed by atoms with Crippen LogP contribution in [-0.4, -0.2) is 31.1 Å². The van der Waals surface area contributed by atoms with Gasteiger partial charge in [0.1, 0.15) is 5.82 Å². The lowest BCUT2D eigenvalue weighted by molar-refractivity contribution is 0.0829. The van der Waals surface area contributed by atoms with Gasteiger partial charge >= 0.3 is 0 Å². The quantitative estimate of drug-likeness (QED) is 0.852. The van der Waals surface area contributed by atoms with Gasteiger partial charge in [-0.25, -0.2) is 4.39 Å². The van der Waals surface area contributed by atoms with Gasteiger partial charge in [0, 0.05) is 42.3 Å². The number of nitrogens with zero attached hydrogens (tertiary/aromatic N) is 1. The first-order chi connectivity index (χ1) is 8.91. The molecule has 0 amide bonds. The molecule has 1 saturated heterocycles. The van der Waals surface area contributed by atoms with Crippen LogP contribution in [0.25, 0.3) is 0 Å². The van der Waals surface area contributed by atoms with Gasteiger partial charge in [0.2, 0.25) is 0 Å². The molecule has 0 radical (unpaired) electrons. The first-order valence-electron chi connectivity index (χ1n) is 6.80. The molecular formula is C15H23BrClFN2. The van der Waals surface area contributed by atoms with E-state index in [9.17, 15) is 4.39 Å². The van der Waals surface area contributed by atoms with Crippen LogP contribution in [-0.2, 0) is 0 Å². The Morgan fingerprint density at radius 2 is 1.85 bits per heavy atom. The standard InChI is InChI=1S/C15H22BrFN2.ClH/c1-15(2,3)14(19-9-7-18-8-10-19)13-11(16)5-4-6-12(13)17;/h4-6,14,18H,7-10H2,1-3H3;1H/t14-;/m0./s1. The fraction of sp³-hybridized carbons (Fsp3) is 0.600. The second-order valence-corrected chi connectivity index (χ2v) is 7.04. The lowest BCUT2D eigenvalue weighted by Crippen LogP contribution is -2.48. The number of benzene rings is 1. The monoisotopic (exact) mass is 364 g/mol. The Labute approximate surface area is 135 Å². The molecular weight excluding hydrogens is 343 g/mol. The zero-order valence-corrected chi connectivity index (χ0v) is 14.7. The highest BCUT2D eigenvalue weighted by atomic mass is 79.9. The molecule has 0 saturated carbocycles. The van der Waals surface area contributed by atoms with E-state index >= 15 is 0 Å². The topological polar surface area (TPSA) is 15.3 Å². The minimum atomic E-state index is -0.118. The lowest BCUT2D eigenvalue weighted by atomic mass is 9.80. The Hall–Kier alpha value is -0.160. The Balaban J connectivity index is 0.00000200. The number of hydrogen-bond donors (Lipinski definition) is 1. The van der Waals surface area contributed by atoms with E-state index < -0.39 is 0 Å². The normalized spacial score (nSPS) is 18.4. The van der Waals surface area contributed by atoms with Gasteiger partial charge in [-0.05, 0) is 17.5 Å². The number of rotatable bonds is 2. The van der Waals surface area contributed by atoms with E-state index in [0.717, 1.165) is 36.2 Å². The number of nitrogens with one attached hydrogen (secondary N) is 1. The number of halogens is 3. The number of piperazine rings is 1. The first-order valence-corrected chi connectivity index (χ1v) is 7.59. The maximum absolute atomic E-state index is 14.3. The van der Waals surface area contributed by atoms with Crippen molar-refractivity contribution in [1.29, 1.82) is 0 Å². The predicted molar refractivity (Wildman–Crippen MR) is 88.0 cm³/mol. The summed E-state index contributed by atoms with van der Waals surface area (Å²) in [5.41, 5.74) is 0.777. The zero-order valence-electron chi connectivity index (χ0n) is 12.2. The van der Waals surface area contributed by atoms with Crippen LogP contribution < -0.4 is 5.32 Å². The van der Waals surface area contributed by atoms with Gasteiger partial charge in [0.05, 0.1) is 0 Å². The maximum Gasteiger partial charge on any atom is 0.129 e. The molecule has 1 fully saturated rings. The summed E-state index contributed by atoms with van der Waals surface area (Å²) < 4.78 is 15.2. The summed E-state index contributed by atoms with van der Waals surface area (Å²) in [6.07, 6.45) is 0. The predicted octanol–water partition coefficient (Wildman–Crippen LogP) is 4.00. The van der Waals surface area contributed by atoms with Gasteiger partial charge < -0.3 is 5.32 Å². The van der Waals surface area contributed by atoms with Gasteiger partial charge in [0.15, 0.2) is 0 Å². The summed E-state index contributed by atoms with van der Waals surface area (Å²) in [4.78, 5) is 2.39. The zero-order chi connectivity index (χ0) is 14.0. The molecule has 2 rings (SSSR count). The molecule has 1 aliphatic heterocycles. The molecule has 114 valence electrons. The summed E-state index contributed by atoms with van der Waals surface area (Å²) in [7, 11) is 0. The molecule has 0 aliphatic carbocycles. The molecule has 1 aromatic rings. The lowest BCUT2D eigenvalue weighted by Gasteiger charge is -2.43. The van der Waals surface area contributed by atoms with Gasteiger partial charge in [-0.15, -0.1) is 12.4 Å². The van der Waals surface area contributed by atoms with E-state index in [1.165, 1.54) is 0 Å². The second-order valence-electron chi connectivity index (χ2n) is 6.19. The highest BCUT2D eigenvalue weighted by Crippen LogP contribution is 2.42. The Bertz CT molecular complexity index is 422. The molecule has 1 atom stereocenters. The third-order valence-electron chi connectivity index (χ3n) is 3.61. The van der Waals surface area contributed by atoms with Crippen LogP contribution in [0.1, 0.15) is 32.4 Å². The SMILES string of the molecule is CC(C)(C)[C@H](c1c(F)cccc1Br)N1CCNCC1.Cl. The minimum absolute atomic E-state index is 0. The summed E-state index contributed by atoms with van der Waals surface area (Å²) in [5.74, 6) is -0.118. The smallest absolute Gasteiger partial charge is 0.129 e. The average molecular weight is 366 g/mol. The molecule has 0 aromatic heterocycles. The molecule has 0 bridgehead atoms. The van der Waals surface area contributed by atoms with Crippen LogP contribution in [0.3, 0.4) is 0 Å². The van der Waals surface area contributed by atoms with Gasteiger partial charge in [-0.1, -0.05) is 42.8 Å². The van der Waals surface area contributed by atoms with Gasteiger partial charge in [-0.3, -0.25) is 4.90 Å². The van der Waals surface area contributed by atoms with E-state index in [2.05, 4.69) is 46.9 Å². The van der Waals surface area contributed by atoms with Gasteiger partial charge in [0.25, 0.3) is 0 Å². The highest BCUT2D eigenvalue weighted by Gasteiger charge is 2.35. The Kier molecular flexibility index (Phi) is 6.45. The maximum atomic E-state index is 14.3. The fourth-order valence-electron chi connectivity index (χ4n) is 2.88. The summed E-state index contributed by atoms with van der Waals surface area (Å²) >= 11 is 3.52. The van der Waals surface area contributed by atoms with Crippen molar-refractivity contribution in [3.8, 4) is 0 Å². The Morgan fingerprint density at radius 3 is 2.35 bits per heavy atom. The van der Waals surface area contributed by atoms with Crippen molar-refractivity contribution >= 4 is 28.3 Å². The third-order valence-corrected chi connectivity index (χ3v) is 4.30. The van der Waals surface area contributed by atoms with Crippen molar-refractivity contribution in [2.75, 3.05) is 26.2 Å². The second kappa shape index (κ2) is 7.21. The van der Waals surface area contributed by atoms with Crippen LogP contribution in [0, 0.1) is 11.2 Å². The van der Waals surface area contributed by atoms with E-state index in [0.29, 0.717) is 0 Å². The molecule has 0 unspecified atom stereocenters. The fourth-order valence-corrected chi connectivity index (χ4v) is 3.43. The van der Waals surface area contributed by atoms with E-state index in [1.54, 1.807) is 12.1 Å². The van der Waals surface area contributed by atoms with Crippen LogP contribution in [0.15, 0.2) is 22.7 Å². The third kappa shape index (κ3) is 3.94. The van der Waals surface area contributed by atoms with Crippen molar-refractivity contribution in [3.05, 3.63) is 34.1 Å². The van der Waals surface area contributed by atoms with Crippen molar-refractivity contribution in [2.24, 2.45) is 5.41 Å². The van der Waals surface area contributed by atoms with Crippen LogP contribution >= 0.6 is 28.3 Å². The minimum Gasteiger partial charge on any atom is -0.314 e. The molecule has 1 aliphatic rings. The van der Waals surface area contributed by atoms with Crippen molar-refractivity contribution in [1.82, 2.24) is 10.2 Å². The van der Waals surface area contributed by atoms with Crippen molar-refractivity contribution in [2.45, 2.75) is 26.8 Å². The van der Waals surface area contributed by atoms with Gasteiger partial charge in [-0.2, -0.15) is 0 Å². The molecule has 20 heavy (non-hydrogen) atoms. The molecule has 1 heterocycles. The molecule has 1 N–H and O–H groups in total. The molecule has 5 heteroatoms. The van der Waals surface area contributed by atoms with Crippen LogP contribution in [0.2, 0.25) is 0 Å². The number of hydrogen-bond acceptors (Lipinski definition) is 2. The molecule has 2 nitrogen and oxygen atoms in total. The summed E-state index contributed by atoms with van der Waals surface area (Å²) in [6, 6.07) is 5.33. The first kappa shape index (κ1) is 17.9. The summed E-state index contributed by atoms with van der Waals surface area (Å²) in [6.45, 7) is 10.4. The average Bonchev–Trinajstić information content (AvgIpc) is 2.33.